The van der Waals surface area contributed by atoms with E-state index in [0.29, 0.717) is 0 Å². The van der Waals surface area contributed by atoms with Gasteiger partial charge in [0.15, 0.2) is 0 Å². The molecule has 0 heterocycles. The summed E-state index contributed by atoms with van der Waals surface area (Å²) >= 11 is 0. The first-order valence-electron chi connectivity index (χ1n) is 2.55. The highest BCUT2D eigenvalue weighted by Gasteiger charge is 1.62. The van der Waals surface area contributed by atoms with Gasteiger partial charge in [0.25, 0.3) is 0 Å². The van der Waals surface area contributed by atoms with E-state index in [0.717, 1.165) is 0 Å². The molecule has 0 fully saturated rings. The van der Waals surface area contributed by atoms with Gasteiger partial charge in [0, 0.05) is 0 Å². The zero-order valence-electron chi connectivity index (χ0n) is 6.86. The summed E-state index contributed by atoms with van der Waals surface area (Å²) in [6.07, 6.45) is 0. The number of hydrogen-bond donors (Lipinski definition) is 0. The van der Waals surface area contributed by atoms with E-state index in [2.05, 4.69) is 0 Å². The highest BCUT2D eigenvalue weighted by molar-refractivity contribution is 5.72. The van der Waals surface area contributed by atoms with Crippen LogP contribution in [-0.4, -0.2) is 37.3 Å². The summed E-state index contributed by atoms with van der Waals surface area (Å²) < 4.78 is 0. The first-order chi connectivity index (χ1) is 3.46. The molecule has 0 aliphatic heterocycles. The van der Waals surface area contributed by atoms with Crippen LogP contribution < -0.4 is 0 Å². The summed E-state index contributed by atoms with van der Waals surface area (Å²) in [5, 5.41) is 0. The lowest BCUT2D eigenvalue weighted by Gasteiger charge is -1.90. The van der Waals surface area contributed by atoms with E-state index in [-0.39, 0.29) is 18.7 Å². The molecule has 0 radical (unpaired) electrons. The minimum Gasteiger partial charge on any atom is -0.412 e. The fourth-order valence-electron chi connectivity index (χ4n) is 0. The van der Waals surface area contributed by atoms with E-state index in [1.165, 1.54) is 13.8 Å². The molecule has 0 bridgehead atoms. The largest absolute Gasteiger partial charge is 0.412 e. The lowest BCUT2D eigenvalue weighted by Crippen LogP contribution is -1.99. The Balaban J connectivity index is -0.0000000300. The molecule has 0 aromatic heterocycles. The maximum Gasteiger partial charge on any atom is 0.126 e. The first-order valence-corrected chi connectivity index (χ1v) is 2.55. The van der Waals surface area contributed by atoms with Gasteiger partial charge in [-0.2, -0.15) is 0 Å². The number of rotatable bonds is 0. The second kappa shape index (κ2) is 15.8. The molecule has 3 heteroatoms. The highest BCUT2D eigenvalue weighted by Crippen LogP contribution is 1.50. The predicted octanol–water partition coefficient (Wildman–Crippen LogP) is 0.585. The van der Waals surface area contributed by atoms with Gasteiger partial charge >= 0.3 is 0 Å². The van der Waals surface area contributed by atoms with E-state index in [4.69, 9.17) is 0 Å². The van der Waals surface area contributed by atoms with E-state index >= 15 is 0 Å². The Hall–Kier alpha value is -0.410. The van der Waals surface area contributed by atoms with Crippen molar-refractivity contribution in [2.75, 3.05) is 21.1 Å². The van der Waals surface area contributed by atoms with Crippen molar-refractivity contribution in [3.05, 3.63) is 0 Å². The summed E-state index contributed by atoms with van der Waals surface area (Å²) in [6.45, 7) is 3.06. The van der Waals surface area contributed by atoms with Crippen molar-refractivity contribution in [2.45, 2.75) is 21.3 Å². The second-order valence-corrected chi connectivity index (χ2v) is 2.25. The zero-order chi connectivity index (χ0) is 7.15. The van der Waals surface area contributed by atoms with Crippen molar-refractivity contribution >= 4 is 5.78 Å². The van der Waals surface area contributed by atoms with Crippen LogP contribution in [-0.2, 0) is 4.79 Å². The molecular formula is C7H21NO2. The maximum absolute atomic E-state index is 9.44. The van der Waals surface area contributed by atoms with Crippen LogP contribution in [0.25, 0.3) is 0 Å². The molecular weight excluding hydrogens is 130 g/mol. The smallest absolute Gasteiger partial charge is 0.126 e. The van der Waals surface area contributed by atoms with E-state index in [9.17, 15) is 4.79 Å². The van der Waals surface area contributed by atoms with Crippen LogP contribution >= 0.6 is 0 Å². The second-order valence-electron chi connectivity index (χ2n) is 2.25. The van der Waals surface area contributed by atoms with Gasteiger partial charge < -0.3 is 15.2 Å². The SMILES string of the molecule is C.CC(C)=O.CN(C)C.O. The quantitative estimate of drug-likeness (QED) is 0.508. The fourth-order valence-corrected chi connectivity index (χ4v) is 0. The molecule has 2 N–H and O–H groups in total. The van der Waals surface area contributed by atoms with Crippen LogP contribution in [0.2, 0.25) is 0 Å². The van der Waals surface area contributed by atoms with Crippen LogP contribution in [0.1, 0.15) is 21.3 Å². The molecule has 0 spiro atoms. The average molecular weight is 151 g/mol. The van der Waals surface area contributed by atoms with Crippen LogP contribution in [0, 0.1) is 0 Å². The van der Waals surface area contributed by atoms with Gasteiger partial charge in [0.1, 0.15) is 5.78 Å². The Morgan fingerprint density at radius 1 is 1.10 bits per heavy atom. The predicted molar refractivity (Wildman–Crippen MR) is 46.3 cm³/mol. The van der Waals surface area contributed by atoms with Crippen molar-refractivity contribution in [1.29, 1.82) is 0 Å². The van der Waals surface area contributed by atoms with Crippen molar-refractivity contribution in [1.82, 2.24) is 4.90 Å². The Kier molecular flexibility index (Phi) is 35.9. The molecule has 0 saturated carbocycles. The lowest BCUT2D eigenvalue weighted by molar-refractivity contribution is -0.114. The Morgan fingerprint density at radius 2 is 1.10 bits per heavy atom. The topological polar surface area (TPSA) is 51.8 Å². The molecule has 0 aromatic carbocycles. The van der Waals surface area contributed by atoms with Crippen molar-refractivity contribution in [3.63, 3.8) is 0 Å². The summed E-state index contributed by atoms with van der Waals surface area (Å²) in [7, 11) is 6.00. The zero-order valence-corrected chi connectivity index (χ0v) is 6.86. The normalized spacial score (nSPS) is 6.20. The lowest BCUT2D eigenvalue weighted by atomic mass is 10.6. The third-order valence-corrected chi connectivity index (χ3v) is 0. The molecule has 0 rings (SSSR count). The summed E-state index contributed by atoms with van der Waals surface area (Å²) in [5.74, 6) is 0.167. The monoisotopic (exact) mass is 151 g/mol. The minimum absolute atomic E-state index is 0. The maximum atomic E-state index is 9.44. The molecule has 0 aliphatic carbocycles. The molecule has 0 amide bonds. The number of Topliss-reactive ketones (excluding diaryl/α,β-unsaturated/α-hetero) is 1. The number of nitrogens with zero attached hydrogens (tertiary/aromatic N) is 1. The van der Waals surface area contributed by atoms with E-state index in [1.54, 1.807) is 0 Å². The van der Waals surface area contributed by atoms with Gasteiger partial charge in [-0.15, -0.1) is 0 Å². The molecule has 66 valence electrons. The van der Waals surface area contributed by atoms with Gasteiger partial charge in [-0.25, -0.2) is 0 Å². The van der Waals surface area contributed by atoms with Gasteiger partial charge in [-0.3, -0.25) is 0 Å². The molecule has 0 atom stereocenters. The van der Waals surface area contributed by atoms with Crippen molar-refractivity contribution < 1.29 is 10.3 Å². The van der Waals surface area contributed by atoms with Crippen LogP contribution in [0.5, 0.6) is 0 Å². The molecule has 3 nitrogen and oxygen atoms in total. The van der Waals surface area contributed by atoms with E-state index < -0.39 is 0 Å². The third kappa shape index (κ3) is 1960. The van der Waals surface area contributed by atoms with Gasteiger partial charge in [-0.1, -0.05) is 7.43 Å². The first kappa shape index (κ1) is 22.6. The van der Waals surface area contributed by atoms with Crippen LogP contribution in [0.15, 0.2) is 0 Å². The van der Waals surface area contributed by atoms with Crippen LogP contribution in [0.4, 0.5) is 0 Å². The number of ketones is 1. The van der Waals surface area contributed by atoms with E-state index in [1.807, 2.05) is 26.0 Å². The molecule has 0 aliphatic rings. The third-order valence-electron chi connectivity index (χ3n) is 0. The Morgan fingerprint density at radius 3 is 1.10 bits per heavy atom. The highest BCUT2D eigenvalue weighted by atomic mass is 16.1. The van der Waals surface area contributed by atoms with Gasteiger partial charge in [-0.05, 0) is 35.0 Å². The molecule has 0 saturated heterocycles. The fraction of sp³-hybridized carbons (Fsp3) is 0.857. The standard InChI is InChI=1S/C3H9N.C3H6O.CH4.H2O/c1-4(2)3;1-3(2)4;;/h1-3H3;1-2H3;1H4;1H2. The summed E-state index contributed by atoms with van der Waals surface area (Å²) in [4.78, 5) is 11.4. The molecule has 0 unspecified atom stereocenters. The summed E-state index contributed by atoms with van der Waals surface area (Å²) in [5.41, 5.74) is 0. The number of carbonyl (C=O) groups excluding carboxylic acids is 1. The Labute approximate surface area is 64.3 Å². The average Bonchev–Trinajstić information content (AvgIpc) is 1.25. The molecule has 0 aromatic rings. The minimum atomic E-state index is 0. The Bertz CT molecular complexity index is 55.9. The number of carbonyl (C=O) groups is 1. The summed E-state index contributed by atoms with van der Waals surface area (Å²) in [6, 6.07) is 0. The molecule has 10 heavy (non-hydrogen) atoms. The van der Waals surface area contributed by atoms with Gasteiger partial charge in [0.2, 0.25) is 0 Å². The van der Waals surface area contributed by atoms with Gasteiger partial charge in [0.05, 0.1) is 0 Å². The number of hydrogen-bond acceptors (Lipinski definition) is 2. The van der Waals surface area contributed by atoms with Crippen LogP contribution in [0.3, 0.4) is 0 Å². The van der Waals surface area contributed by atoms with Crippen molar-refractivity contribution in [2.24, 2.45) is 0 Å². The van der Waals surface area contributed by atoms with Crippen molar-refractivity contribution in [3.8, 4) is 0 Å².